The van der Waals surface area contributed by atoms with Gasteiger partial charge in [0, 0.05) is 64.4 Å². The van der Waals surface area contributed by atoms with Gasteiger partial charge < -0.3 is 9.80 Å². The molecule has 36 heavy (non-hydrogen) atoms. The molecule has 0 radical (unpaired) electrons. The predicted octanol–water partition coefficient (Wildman–Crippen LogP) is -2.49. The Hall–Kier alpha value is -1.96. The molecular formula is C24H42N8O4. The maximum Gasteiger partial charge on any atom is 0.244 e. The van der Waals surface area contributed by atoms with Crippen molar-refractivity contribution >= 4 is 23.6 Å². The molecule has 4 aliphatic heterocycles. The molecule has 12 heteroatoms. The fraction of sp³-hybridized carbons (Fsp3) is 0.833. The van der Waals surface area contributed by atoms with E-state index in [4.69, 9.17) is 0 Å². The van der Waals surface area contributed by atoms with Crippen molar-refractivity contribution in [3.8, 4) is 0 Å². The molecule has 0 spiro atoms. The van der Waals surface area contributed by atoms with E-state index in [1.165, 1.54) is 9.80 Å². The Balaban J connectivity index is 1.28. The SMILES string of the molecule is CC(C(C)N1CC(=O)N(CN2CCN(C)CC2)C(=O)C1)N1CC(=O)N(CN2CCN(C)CC2)C(=O)C1. The summed E-state index contributed by atoms with van der Waals surface area (Å²) in [5, 5.41) is 0. The fourth-order valence-corrected chi connectivity index (χ4v) is 5.31. The second-order valence-corrected chi connectivity index (χ2v) is 10.8. The Morgan fingerprint density at radius 1 is 0.528 bits per heavy atom. The van der Waals surface area contributed by atoms with Crippen molar-refractivity contribution in [1.29, 1.82) is 0 Å². The van der Waals surface area contributed by atoms with Crippen molar-refractivity contribution in [1.82, 2.24) is 39.2 Å². The zero-order valence-corrected chi connectivity index (χ0v) is 22.3. The number of carbonyl (C=O) groups excluding carboxylic acids is 4. The molecule has 4 aliphatic rings. The highest BCUT2D eigenvalue weighted by atomic mass is 16.2. The van der Waals surface area contributed by atoms with Crippen LogP contribution in [-0.4, -0.2) is 181 Å². The Morgan fingerprint density at radius 2 is 0.806 bits per heavy atom. The van der Waals surface area contributed by atoms with E-state index in [-0.39, 0.29) is 61.9 Å². The lowest BCUT2D eigenvalue weighted by Crippen LogP contribution is -2.64. The number of piperazine rings is 4. The van der Waals surface area contributed by atoms with Gasteiger partial charge in [-0.2, -0.15) is 0 Å². The topological polar surface area (TPSA) is 94.2 Å². The maximum atomic E-state index is 12.9. The summed E-state index contributed by atoms with van der Waals surface area (Å²) in [5.74, 6) is -0.747. The first kappa shape index (κ1) is 27.1. The molecular weight excluding hydrogens is 464 g/mol. The molecule has 202 valence electrons. The zero-order chi connectivity index (χ0) is 26.0. The first-order valence-corrected chi connectivity index (χ1v) is 13.1. The third-order valence-electron chi connectivity index (χ3n) is 8.28. The maximum absolute atomic E-state index is 12.9. The number of imide groups is 2. The fourth-order valence-electron chi connectivity index (χ4n) is 5.31. The lowest BCUT2D eigenvalue weighted by molar-refractivity contribution is -0.160. The smallest absolute Gasteiger partial charge is 0.244 e. The molecule has 0 aromatic carbocycles. The third-order valence-corrected chi connectivity index (χ3v) is 8.28. The van der Waals surface area contributed by atoms with Crippen molar-refractivity contribution < 1.29 is 19.2 Å². The second-order valence-electron chi connectivity index (χ2n) is 10.8. The van der Waals surface area contributed by atoms with E-state index in [1.54, 1.807) is 0 Å². The second kappa shape index (κ2) is 11.6. The van der Waals surface area contributed by atoms with Crippen molar-refractivity contribution in [2.24, 2.45) is 0 Å². The van der Waals surface area contributed by atoms with Gasteiger partial charge in [-0.3, -0.25) is 48.6 Å². The molecule has 0 saturated carbocycles. The van der Waals surface area contributed by atoms with E-state index in [0.29, 0.717) is 13.3 Å². The molecule has 12 nitrogen and oxygen atoms in total. The Kier molecular flexibility index (Phi) is 8.74. The summed E-state index contributed by atoms with van der Waals surface area (Å²) in [5.41, 5.74) is 0. The zero-order valence-electron chi connectivity index (χ0n) is 22.3. The standard InChI is InChI=1S/C24H42N8O4/c1-19(29-13-21(33)31(22(34)14-29)17-27-9-5-25(3)6-10-27)20(2)30-15-23(35)32(24(36)16-30)18-28-11-7-26(4)8-12-28/h19-20H,5-18H2,1-4H3. The molecule has 0 aromatic rings. The molecule has 2 unspecified atom stereocenters. The molecule has 4 amide bonds. The molecule has 0 aromatic heterocycles. The van der Waals surface area contributed by atoms with Crippen LogP contribution in [-0.2, 0) is 19.2 Å². The summed E-state index contributed by atoms with van der Waals surface area (Å²) in [6.07, 6.45) is 0. The molecule has 0 N–H and O–H groups in total. The summed E-state index contributed by atoms with van der Waals surface area (Å²) >= 11 is 0. The van der Waals surface area contributed by atoms with Crippen LogP contribution in [0, 0.1) is 0 Å². The number of rotatable bonds is 7. The molecule has 2 atom stereocenters. The predicted molar refractivity (Wildman–Crippen MR) is 134 cm³/mol. The Bertz CT molecular complexity index is 736. The van der Waals surface area contributed by atoms with Crippen molar-refractivity contribution in [3.05, 3.63) is 0 Å². The number of hydrogen-bond donors (Lipinski definition) is 0. The van der Waals surface area contributed by atoms with Gasteiger partial charge in [0.25, 0.3) is 0 Å². The number of amides is 4. The molecule has 4 fully saturated rings. The molecule has 4 rings (SSSR count). The normalized spacial score (nSPS) is 27.2. The molecule has 0 aliphatic carbocycles. The molecule has 0 bridgehead atoms. The first-order chi connectivity index (χ1) is 17.1. The summed E-state index contributed by atoms with van der Waals surface area (Å²) in [4.78, 5) is 66.9. The van der Waals surface area contributed by atoms with Crippen LogP contribution in [0.3, 0.4) is 0 Å². The van der Waals surface area contributed by atoms with Crippen molar-refractivity contribution in [3.63, 3.8) is 0 Å². The highest BCUT2D eigenvalue weighted by Gasteiger charge is 2.40. The van der Waals surface area contributed by atoms with Crippen LogP contribution < -0.4 is 0 Å². The lowest BCUT2D eigenvalue weighted by Gasteiger charge is -2.44. The minimum Gasteiger partial charge on any atom is -0.304 e. The first-order valence-electron chi connectivity index (χ1n) is 13.1. The lowest BCUT2D eigenvalue weighted by atomic mass is 10.1. The summed E-state index contributed by atoms with van der Waals surface area (Å²) in [6.45, 7) is 12.4. The Labute approximate surface area is 214 Å². The highest BCUT2D eigenvalue weighted by Crippen LogP contribution is 2.19. The number of carbonyl (C=O) groups is 4. The van der Waals surface area contributed by atoms with Crippen LogP contribution in [0.2, 0.25) is 0 Å². The van der Waals surface area contributed by atoms with Crippen molar-refractivity contribution in [2.75, 3.05) is 106 Å². The van der Waals surface area contributed by atoms with Gasteiger partial charge in [0.05, 0.1) is 39.5 Å². The van der Waals surface area contributed by atoms with E-state index in [2.05, 4.69) is 33.7 Å². The average Bonchev–Trinajstić information content (AvgIpc) is 2.84. The van der Waals surface area contributed by atoms with Crippen LogP contribution in [0.5, 0.6) is 0 Å². The van der Waals surface area contributed by atoms with Gasteiger partial charge in [0.15, 0.2) is 0 Å². The quantitative estimate of drug-likeness (QED) is 0.346. The number of nitrogens with zero attached hydrogens (tertiary/aromatic N) is 8. The summed E-state index contributed by atoms with van der Waals surface area (Å²) < 4.78 is 0. The monoisotopic (exact) mass is 506 g/mol. The van der Waals surface area contributed by atoms with Gasteiger partial charge in [-0.05, 0) is 27.9 Å². The molecule has 4 heterocycles. The van der Waals surface area contributed by atoms with E-state index in [9.17, 15) is 19.2 Å². The number of hydrogen-bond acceptors (Lipinski definition) is 10. The van der Waals surface area contributed by atoms with Gasteiger partial charge in [0.2, 0.25) is 23.6 Å². The van der Waals surface area contributed by atoms with E-state index < -0.39 is 0 Å². The summed E-state index contributed by atoms with van der Waals surface area (Å²) in [6, 6.07) is -0.318. The van der Waals surface area contributed by atoms with Gasteiger partial charge in [-0.1, -0.05) is 0 Å². The average molecular weight is 507 g/mol. The number of likely N-dealkylation sites (N-methyl/N-ethyl adjacent to an activating group) is 2. The minimum atomic E-state index is -0.187. The Morgan fingerprint density at radius 3 is 1.08 bits per heavy atom. The summed E-state index contributed by atoms with van der Waals surface area (Å²) in [7, 11) is 4.15. The van der Waals surface area contributed by atoms with Crippen molar-refractivity contribution in [2.45, 2.75) is 25.9 Å². The highest BCUT2D eigenvalue weighted by molar-refractivity contribution is 6.00. The van der Waals surface area contributed by atoms with Crippen LogP contribution in [0.25, 0.3) is 0 Å². The van der Waals surface area contributed by atoms with Crippen LogP contribution >= 0.6 is 0 Å². The van der Waals surface area contributed by atoms with Crippen LogP contribution in [0.15, 0.2) is 0 Å². The van der Waals surface area contributed by atoms with E-state index in [1.807, 2.05) is 23.6 Å². The largest absolute Gasteiger partial charge is 0.304 e. The minimum absolute atomic E-state index is 0.159. The van der Waals surface area contributed by atoms with Gasteiger partial charge in [0.1, 0.15) is 0 Å². The van der Waals surface area contributed by atoms with Gasteiger partial charge >= 0.3 is 0 Å². The van der Waals surface area contributed by atoms with E-state index in [0.717, 1.165) is 52.4 Å². The van der Waals surface area contributed by atoms with Crippen LogP contribution in [0.4, 0.5) is 0 Å². The van der Waals surface area contributed by atoms with E-state index >= 15 is 0 Å². The van der Waals surface area contributed by atoms with Gasteiger partial charge in [-0.25, -0.2) is 0 Å². The molecule has 4 saturated heterocycles. The third kappa shape index (κ3) is 6.29. The van der Waals surface area contributed by atoms with Crippen LogP contribution in [0.1, 0.15) is 13.8 Å². The van der Waals surface area contributed by atoms with Gasteiger partial charge in [-0.15, -0.1) is 0 Å².